The van der Waals surface area contributed by atoms with Gasteiger partial charge in [-0.1, -0.05) is 30.3 Å². The molecule has 0 unspecified atom stereocenters. The average Bonchev–Trinajstić information content (AvgIpc) is 3.33. The predicted molar refractivity (Wildman–Crippen MR) is 120 cm³/mol. The number of aromatic nitrogens is 3. The predicted octanol–water partition coefficient (Wildman–Crippen LogP) is 4.85. The number of ether oxygens (including phenoxy) is 1. The molecule has 0 fully saturated rings. The zero-order chi connectivity index (χ0) is 20.7. The number of hydrogen-bond acceptors (Lipinski definition) is 3. The fraction of sp³-hybridized carbons (Fsp3) is 0.320. The first-order valence-corrected chi connectivity index (χ1v) is 10.7. The number of methoxy groups -OCH3 is 1. The molecule has 1 aliphatic rings. The van der Waals surface area contributed by atoms with E-state index in [1.54, 1.807) is 7.11 Å². The lowest BCUT2D eigenvalue weighted by Crippen LogP contribution is -2.35. The topological polar surface area (TPSA) is 46.1 Å². The summed E-state index contributed by atoms with van der Waals surface area (Å²) < 4.78 is 7.57. The van der Waals surface area contributed by atoms with Crippen molar-refractivity contribution in [3.05, 3.63) is 82.8 Å². The van der Waals surface area contributed by atoms with Crippen molar-refractivity contribution in [2.24, 2.45) is 0 Å². The molecule has 5 nitrogen and oxygen atoms in total. The van der Waals surface area contributed by atoms with E-state index in [0.29, 0.717) is 0 Å². The van der Waals surface area contributed by atoms with Crippen molar-refractivity contribution in [3.8, 4) is 5.75 Å². The van der Waals surface area contributed by atoms with Crippen LogP contribution >= 0.6 is 0 Å². The van der Waals surface area contributed by atoms with Crippen LogP contribution in [-0.4, -0.2) is 33.3 Å². The maximum Gasteiger partial charge on any atom is 0.119 e. The van der Waals surface area contributed by atoms with Crippen LogP contribution in [0.3, 0.4) is 0 Å². The molecule has 1 atom stereocenters. The number of rotatable bonds is 5. The van der Waals surface area contributed by atoms with Crippen LogP contribution in [0.25, 0.3) is 10.9 Å². The number of aromatic amines is 1. The van der Waals surface area contributed by atoms with E-state index in [-0.39, 0.29) is 6.04 Å². The molecule has 1 N–H and O–H groups in total. The molecule has 2 aromatic carbocycles. The van der Waals surface area contributed by atoms with Crippen LogP contribution in [-0.2, 0) is 19.5 Å². The fourth-order valence-corrected chi connectivity index (χ4v) is 4.75. The van der Waals surface area contributed by atoms with E-state index in [1.807, 2.05) is 10.7 Å². The lowest BCUT2D eigenvalue weighted by atomic mass is 9.92. The molecular formula is C25H28N4O. The Morgan fingerprint density at radius 1 is 1.17 bits per heavy atom. The van der Waals surface area contributed by atoms with Gasteiger partial charge in [0.2, 0.25) is 0 Å². The second-order valence-electron chi connectivity index (χ2n) is 8.06. The normalized spacial score (nSPS) is 16.7. The van der Waals surface area contributed by atoms with Gasteiger partial charge in [0.25, 0.3) is 0 Å². The molecule has 5 heteroatoms. The molecule has 0 bridgehead atoms. The van der Waals surface area contributed by atoms with Crippen LogP contribution in [0.2, 0.25) is 0 Å². The molecule has 0 saturated carbocycles. The largest absolute Gasteiger partial charge is 0.497 e. The van der Waals surface area contributed by atoms with E-state index in [4.69, 9.17) is 4.74 Å². The fourth-order valence-electron chi connectivity index (χ4n) is 4.75. The highest BCUT2D eigenvalue weighted by molar-refractivity contribution is 5.85. The van der Waals surface area contributed by atoms with Gasteiger partial charge in [-0.05, 0) is 49.6 Å². The molecule has 0 aliphatic carbocycles. The summed E-state index contributed by atoms with van der Waals surface area (Å²) in [6, 6.07) is 17.3. The molecule has 5 rings (SSSR count). The molecule has 2 aromatic heterocycles. The van der Waals surface area contributed by atoms with Gasteiger partial charge in [-0.3, -0.25) is 9.58 Å². The third-order valence-electron chi connectivity index (χ3n) is 6.29. The minimum absolute atomic E-state index is 0.153. The Balaban J connectivity index is 1.61. The summed E-state index contributed by atoms with van der Waals surface area (Å²) in [5.41, 5.74) is 7.62. The van der Waals surface area contributed by atoms with Crippen LogP contribution in [0.1, 0.15) is 41.0 Å². The first-order valence-electron chi connectivity index (χ1n) is 10.7. The highest BCUT2D eigenvalue weighted by Gasteiger charge is 2.32. The molecule has 30 heavy (non-hydrogen) atoms. The van der Waals surface area contributed by atoms with Crippen molar-refractivity contribution in [1.82, 2.24) is 19.7 Å². The summed E-state index contributed by atoms with van der Waals surface area (Å²) in [5, 5.41) is 6.00. The zero-order valence-corrected chi connectivity index (χ0v) is 17.9. The van der Waals surface area contributed by atoms with Crippen LogP contribution in [0.5, 0.6) is 5.75 Å². The third-order valence-corrected chi connectivity index (χ3v) is 6.29. The van der Waals surface area contributed by atoms with E-state index in [0.717, 1.165) is 37.5 Å². The van der Waals surface area contributed by atoms with E-state index >= 15 is 0 Å². The van der Waals surface area contributed by atoms with E-state index in [1.165, 1.54) is 33.3 Å². The number of para-hydroxylation sites is 1. The summed E-state index contributed by atoms with van der Waals surface area (Å²) in [6.45, 7) is 7.02. The van der Waals surface area contributed by atoms with Crippen LogP contribution < -0.4 is 4.74 Å². The lowest BCUT2D eigenvalue weighted by molar-refractivity contribution is 0.201. The highest BCUT2D eigenvalue weighted by atomic mass is 16.5. The number of nitrogens with one attached hydrogen (secondary N) is 1. The second kappa shape index (κ2) is 7.65. The molecular weight excluding hydrogens is 372 g/mol. The maximum atomic E-state index is 5.54. The lowest BCUT2D eigenvalue weighted by Gasteiger charge is -2.36. The smallest absolute Gasteiger partial charge is 0.119 e. The minimum Gasteiger partial charge on any atom is -0.497 e. The Bertz CT molecular complexity index is 1190. The number of fused-ring (bicyclic) bond motifs is 3. The number of aryl methyl sites for hydroxylation is 2. The summed E-state index contributed by atoms with van der Waals surface area (Å²) >= 11 is 0. The first kappa shape index (κ1) is 18.9. The van der Waals surface area contributed by atoms with Gasteiger partial charge in [-0.2, -0.15) is 5.10 Å². The van der Waals surface area contributed by atoms with Crippen molar-refractivity contribution in [1.29, 1.82) is 0 Å². The summed E-state index contributed by atoms with van der Waals surface area (Å²) in [4.78, 5) is 6.31. The van der Waals surface area contributed by atoms with Crippen LogP contribution in [0.4, 0.5) is 0 Å². The van der Waals surface area contributed by atoms with Crippen LogP contribution in [0.15, 0.2) is 54.7 Å². The molecule has 4 aromatic rings. The second-order valence-corrected chi connectivity index (χ2v) is 8.06. The molecule has 3 heterocycles. The molecule has 0 spiro atoms. The van der Waals surface area contributed by atoms with E-state index in [2.05, 4.69) is 77.5 Å². The zero-order valence-electron chi connectivity index (χ0n) is 17.9. The first-order chi connectivity index (χ1) is 14.7. The molecule has 0 saturated heterocycles. The maximum absolute atomic E-state index is 5.54. The molecule has 154 valence electrons. The molecule has 0 amide bonds. The number of H-pyrrole nitrogens is 1. The van der Waals surface area contributed by atoms with E-state index < -0.39 is 0 Å². The van der Waals surface area contributed by atoms with E-state index in [9.17, 15) is 0 Å². The third kappa shape index (κ3) is 3.19. The Labute approximate surface area is 177 Å². The Hall–Kier alpha value is -3.05. The Morgan fingerprint density at radius 3 is 2.83 bits per heavy atom. The van der Waals surface area contributed by atoms with Crippen molar-refractivity contribution in [2.75, 3.05) is 13.7 Å². The summed E-state index contributed by atoms with van der Waals surface area (Å²) in [7, 11) is 1.73. The quantitative estimate of drug-likeness (QED) is 0.521. The molecule has 1 aliphatic heterocycles. The monoisotopic (exact) mass is 400 g/mol. The standard InChI is InChI=1S/C25H28N4O/c1-4-29-16-19(17(2)27-29)15-28-13-12-22-21-10-5-6-11-23(21)26-24(22)25(28)18-8-7-9-20(14-18)30-3/h5-11,14,16,25-26H,4,12-13,15H2,1-3H3/t25-/m0/s1. The van der Waals surface area contributed by atoms with Crippen molar-refractivity contribution in [2.45, 2.75) is 39.4 Å². The Kier molecular flexibility index (Phi) is 4.83. The highest BCUT2D eigenvalue weighted by Crippen LogP contribution is 2.40. The van der Waals surface area contributed by atoms with Crippen molar-refractivity contribution < 1.29 is 4.74 Å². The Morgan fingerprint density at radius 2 is 2.03 bits per heavy atom. The number of nitrogens with zero attached hydrogens (tertiary/aromatic N) is 3. The number of hydrogen-bond donors (Lipinski definition) is 1. The SMILES string of the molecule is CCn1cc(CN2CCc3c([nH]c4ccccc34)[C@@H]2c2cccc(OC)c2)c(C)n1. The number of benzene rings is 2. The average molecular weight is 401 g/mol. The summed E-state index contributed by atoms with van der Waals surface area (Å²) in [5.74, 6) is 0.894. The van der Waals surface area contributed by atoms with Gasteiger partial charge in [-0.25, -0.2) is 0 Å². The van der Waals surface area contributed by atoms with Gasteiger partial charge < -0.3 is 9.72 Å². The minimum atomic E-state index is 0.153. The van der Waals surface area contributed by atoms with Gasteiger partial charge in [-0.15, -0.1) is 0 Å². The van der Waals surface area contributed by atoms with Gasteiger partial charge in [0.05, 0.1) is 18.8 Å². The van der Waals surface area contributed by atoms with Gasteiger partial charge in [0, 0.05) is 48.0 Å². The van der Waals surface area contributed by atoms with Gasteiger partial charge in [0.1, 0.15) is 5.75 Å². The summed E-state index contributed by atoms with van der Waals surface area (Å²) in [6.07, 6.45) is 3.24. The van der Waals surface area contributed by atoms with Crippen molar-refractivity contribution >= 4 is 10.9 Å². The van der Waals surface area contributed by atoms with Gasteiger partial charge >= 0.3 is 0 Å². The van der Waals surface area contributed by atoms with Gasteiger partial charge in [0.15, 0.2) is 0 Å². The molecule has 0 radical (unpaired) electrons. The van der Waals surface area contributed by atoms with Crippen LogP contribution in [0, 0.1) is 6.92 Å². The van der Waals surface area contributed by atoms with Crippen molar-refractivity contribution in [3.63, 3.8) is 0 Å².